The van der Waals surface area contributed by atoms with Gasteiger partial charge >= 0.3 is 0 Å². The lowest BCUT2D eigenvalue weighted by molar-refractivity contribution is 0.0948. The van der Waals surface area contributed by atoms with Crippen LogP contribution in [0.1, 0.15) is 23.2 Å². The Morgan fingerprint density at radius 3 is 2.80 bits per heavy atom. The molecule has 0 bridgehead atoms. The van der Waals surface area contributed by atoms with Crippen LogP contribution in [0.2, 0.25) is 0 Å². The standard InChI is InChI=1S/C11H13NO2S/c1-14-8-4-5-9(10(15)6-8)11(13)12-7-2-3-7/h4-7,15H,2-3H2,1H3,(H,12,13). The fourth-order valence-electron chi connectivity index (χ4n) is 1.32. The average Bonchev–Trinajstić information content (AvgIpc) is 3.01. The van der Waals surface area contributed by atoms with Gasteiger partial charge in [-0.15, -0.1) is 12.6 Å². The molecule has 0 spiro atoms. The Morgan fingerprint density at radius 2 is 2.27 bits per heavy atom. The Morgan fingerprint density at radius 1 is 1.53 bits per heavy atom. The van der Waals surface area contributed by atoms with Crippen LogP contribution in [-0.2, 0) is 0 Å². The lowest BCUT2D eigenvalue weighted by Crippen LogP contribution is -2.25. The van der Waals surface area contributed by atoms with Crippen molar-refractivity contribution in [3.05, 3.63) is 23.8 Å². The monoisotopic (exact) mass is 223 g/mol. The van der Waals surface area contributed by atoms with Crippen LogP contribution in [0.25, 0.3) is 0 Å². The van der Waals surface area contributed by atoms with Crippen LogP contribution in [0.15, 0.2) is 23.1 Å². The Hall–Kier alpha value is -1.16. The highest BCUT2D eigenvalue weighted by Gasteiger charge is 2.24. The van der Waals surface area contributed by atoms with E-state index in [0.29, 0.717) is 22.3 Å². The fourth-order valence-corrected chi connectivity index (χ4v) is 1.62. The molecule has 80 valence electrons. The van der Waals surface area contributed by atoms with E-state index >= 15 is 0 Å². The molecular weight excluding hydrogens is 210 g/mol. The van der Waals surface area contributed by atoms with Crippen LogP contribution in [0.3, 0.4) is 0 Å². The van der Waals surface area contributed by atoms with Crippen LogP contribution in [-0.4, -0.2) is 19.1 Å². The second kappa shape index (κ2) is 4.14. The summed E-state index contributed by atoms with van der Waals surface area (Å²) < 4.78 is 5.04. The minimum atomic E-state index is -0.0508. The predicted molar refractivity (Wildman–Crippen MR) is 60.7 cm³/mol. The van der Waals surface area contributed by atoms with Gasteiger partial charge < -0.3 is 10.1 Å². The number of benzene rings is 1. The SMILES string of the molecule is COc1ccc(C(=O)NC2CC2)c(S)c1. The summed E-state index contributed by atoms with van der Waals surface area (Å²) in [4.78, 5) is 12.4. The molecule has 1 aromatic rings. The van der Waals surface area contributed by atoms with Gasteiger partial charge in [-0.05, 0) is 31.0 Å². The number of hydrogen-bond donors (Lipinski definition) is 2. The van der Waals surface area contributed by atoms with E-state index in [2.05, 4.69) is 17.9 Å². The van der Waals surface area contributed by atoms with Gasteiger partial charge in [0.25, 0.3) is 5.91 Å². The van der Waals surface area contributed by atoms with Crippen molar-refractivity contribution in [2.45, 2.75) is 23.8 Å². The van der Waals surface area contributed by atoms with Crippen molar-refractivity contribution in [1.29, 1.82) is 0 Å². The van der Waals surface area contributed by atoms with E-state index < -0.39 is 0 Å². The summed E-state index contributed by atoms with van der Waals surface area (Å²) in [7, 11) is 1.59. The molecule has 0 heterocycles. The fraction of sp³-hybridized carbons (Fsp3) is 0.364. The smallest absolute Gasteiger partial charge is 0.252 e. The van der Waals surface area contributed by atoms with Gasteiger partial charge in [0.05, 0.1) is 12.7 Å². The molecule has 0 radical (unpaired) electrons. The van der Waals surface area contributed by atoms with Gasteiger partial charge in [0, 0.05) is 10.9 Å². The molecule has 2 rings (SSSR count). The quantitative estimate of drug-likeness (QED) is 0.768. The van der Waals surface area contributed by atoms with E-state index in [1.165, 1.54) is 0 Å². The van der Waals surface area contributed by atoms with Gasteiger partial charge in [0.1, 0.15) is 5.75 Å². The van der Waals surface area contributed by atoms with Gasteiger partial charge in [-0.2, -0.15) is 0 Å². The lowest BCUT2D eigenvalue weighted by atomic mass is 10.2. The molecule has 0 atom stereocenters. The van der Waals surface area contributed by atoms with E-state index in [1.807, 2.05) is 0 Å². The molecular formula is C11H13NO2S. The van der Waals surface area contributed by atoms with Gasteiger partial charge in [-0.25, -0.2) is 0 Å². The first-order valence-electron chi connectivity index (χ1n) is 4.88. The maximum absolute atomic E-state index is 11.7. The topological polar surface area (TPSA) is 38.3 Å². The predicted octanol–water partition coefficient (Wildman–Crippen LogP) is 1.88. The largest absolute Gasteiger partial charge is 0.497 e. The van der Waals surface area contributed by atoms with E-state index in [9.17, 15) is 4.79 Å². The summed E-state index contributed by atoms with van der Waals surface area (Å²) in [5.41, 5.74) is 0.603. The van der Waals surface area contributed by atoms with Crippen molar-refractivity contribution < 1.29 is 9.53 Å². The highest BCUT2D eigenvalue weighted by atomic mass is 32.1. The maximum atomic E-state index is 11.7. The minimum Gasteiger partial charge on any atom is -0.497 e. The third-order valence-corrected chi connectivity index (χ3v) is 2.73. The average molecular weight is 223 g/mol. The molecule has 15 heavy (non-hydrogen) atoms. The van der Waals surface area contributed by atoms with Crippen LogP contribution < -0.4 is 10.1 Å². The first-order valence-corrected chi connectivity index (χ1v) is 5.33. The van der Waals surface area contributed by atoms with Gasteiger partial charge in [-0.3, -0.25) is 4.79 Å². The Kier molecular flexibility index (Phi) is 2.86. The number of carbonyl (C=O) groups is 1. The van der Waals surface area contributed by atoms with E-state index in [1.54, 1.807) is 25.3 Å². The summed E-state index contributed by atoms with van der Waals surface area (Å²) in [5.74, 6) is 0.660. The molecule has 1 saturated carbocycles. The van der Waals surface area contributed by atoms with Crippen LogP contribution in [0.5, 0.6) is 5.75 Å². The summed E-state index contributed by atoms with van der Waals surface area (Å²) in [6, 6.07) is 5.61. The second-order valence-corrected chi connectivity index (χ2v) is 4.11. The molecule has 1 N–H and O–H groups in total. The third kappa shape index (κ3) is 2.45. The molecule has 1 fully saturated rings. The lowest BCUT2D eigenvalue weighted by Gasteiger charge is -2.07. The molecule has 3 nitrogen and oxygen atoms in total. The number of nitrogens with one attached hydrogen (secondary N) is 1. The number of carbonyl (C=O) groups excluding carboxylic acids is 1. The molecule has 1 aromatic carbocycles. The van der Waals surface area contributed by atoms with E-state index in [4.69, 9.17) is 4.74 Å². The number of ether oxygens (including phenoxy) is 1. The molecule has 0 aromatic heterocycles. The Balaban J connectivity index is 2.15. The highest BCUT2D eigenvalue weighted by Crippen LogP contribution is 2.23. The van der Waals surface area contributed by atoms with Gasteiger partial charge in [-0.1, -0.05) is 0 Å². The molecule has 1 aliphatic rings. The summed E-state index contributed by atoms with van der Waals surface area (Å²) in [6.45, 7) is 0. The number of thiol groups is 1. The van der Waals surface area contributed by atoms with Crippen LogP contribution in [0.4, 0.5) is 0 Å². The van der Waals surface area contributed by atoms with Crippen molar-refractivity contribution in [2.24, 2.45) is 0 Å². The maximum Gasteiger partial charge on any atom is 0.252 e. The van der Waals surface area contributed by atoms with Crippen molar-refractivity contribution >= 4 is 18.5 Å². The molecule has 4 heteroatoms. The van der Waals surface area contributed by atoms with Gasteiger partial charge in [0.2, 0.25) is 0 Å². The van der Waals surface area contributed by atoms with Crippen LogP contribution in [0, 0.1) is 0 Å². The zero-order valence-corrected chi connectivity index (χ0v) is 9.38. The summed E-state index contributed by atoms with van der Waals surface area (Å²) >= 11 is 4.26. The molecule has 0 aliphatic heterocycles. The Bertz CT molecular complexity index is 388. The number of hydrogen-bond acceptors (Lipinski definition) is 3. The van der Waals surface area contributed by atoms with Crippen molar-refractivity contribution in [1.82, 2.24) is 5.32 Å². The number of amides is 1. The highest BCUT2D eigenvalue weighted by molar-refractivity contribution is 7.80. The number of rotatable bonds is 3. The van der Waals surface area contributed by atoms with E-state index in [0.717, 1.165) is 12.8 Å². The summed E-state index contributed by atoms with van der Waals surface area (Å²) in [5, 5.41) is 2.92. The first-order chi connectivity index (χ1) is 7.20. The minimum absolute atomic E-state index is 0.0508. The third-order valence-electron chi connectivity index (χ3n) is 2.36. The number of methoxy groups -OCH3 is 1. The van der Waals surface area contributed by atoms with Gasteiger partial charge in [0.15, 0.2) is 0 Å². The molecule has 0 saturated heterocycles. The van der Waals surface area contributed by atoms with E-state index in [-0.39, 0.29) is 5.91 Å². The zero-order valence-electron chi connectivity index (χ0n) is 8.49. The summed E-state index contributed by atoms with van der Waals surface area (Å²) in [6.07, 6.45) is 2.17. The van der Waals surface area contributed by atoms with Crippen molar-refractivity contribution in [2.75, 3.05) is 7.11 Å². The molecule has 0 unspecified atom stereocenters. The normalized spacial score (nSPS) is 14.8. The van der Waals surface area contributed by atoms with Crippen LogP contribution >= 0.6 is 12.6 Å². The zero-order chi connectivity index (χ0) is 10.8. The van der Waals surface area contributed by atoms with Crippen molar-refractivity contribution in [3.8, 4) is 5.75 Å². The molecule has 1 amide bonds. The molecule has 1 aliphatic carbocycles. The van der Waals surface area contributed by atoms with Crippen molar-refractivity contribution in [3.63, 3.8) is 0 Å². The first kappa shape index (κ1) is 10.4. The second-order valence-electron chi connectivity index (χ2n) is 3.63. The Labute approximate surface area is 94.2 Å².